The lowest BCUT2D eigenvalue weighted by Crippen LogP contribution is -2.40. The summed E-state index contributed by atoms with van der Waals surface area (Å²) in [7, 11) is 1.21. The van der Waals surface area contributed by atoms with Gasteiger partial charge in [-0.15, -0.1) is 0 Å². The minimum atomic E-state index is -2.80. The molecule has 4 nitrogen and oxygen atoms in total. The topological polar surface area (TPSA) is 40.6 Å². The number of rotatable bonds is 2. The predicted molar refractivity (Wildman–Crippen MR) is 71.6 cm³/mol. The first-order chi connectivity index (χ1) is 7.98. The lowest BCUT2D eigenvalue weighted by molar-refractivity contribution is 0.587. The molecule has 0 amide bonds. The fraction of sp³-hybridized carbons (Fsp3) is 0.500. The Morgan fingerprint density at radius 3 is 2.06 bits per heavy atom. The number of hydrogen-bond acceptors (Lipinski definition) is 4. The lowest BCUT2D eigenvalue weighted by Gasteiger charge is -2.29. The molecule has 1 fully saturated rings. The zero-order chi connectivity index (χ0) is 12.5. The van der Waals surface area contributed by atoms with E-state index in [4.69, 9.17) is 0 Å². The molecule has 0 spiro atoms. The highest BCUT2D eigenvalue weighted by Gasteiger charge is 2.21. The highest BCUT2D eigenvalue weighted by atomic mass is 32.2. The summed E-state index contributed by atoms with van der Waals surface area (Å²) < 4.78 is 22.7. The second-order valence-corrected chi connectivity index (χ2v) is 6.85. The molecule has 0 N–H and O–H groups in total. The average molecular weight is 254 g/mol. The van der Waals surface area contributed by atoms with E-state index in [1.54, 1.807) is 0 Å². The Morgan fingerprint density at radius 2 is 1.59 bits per heavy atom. The van der Waals surface area contributed by atoms with Crippen LogP contribution in [0, 0.1) is 0 Å². The minimum absolute atomic E-state index is 0.266. The molecule has 2 rings (SSSR count). The van der Waals surface area contributed by atoms with Crippen LogP contribution in [0.2, 0.25) is 0 Å². The van der Waals surface area contributed by atoms with Gasteiger partial charge in [0.2, 0.25) is 0 Å². The Hall–Kier alpha value is -1.23. The van der Waals surface area contributed by atoms with Crippen LogP contribution in [0.5, 0.6) is 0 Å². The summed E-state index contributed by atoms with van der Waals surface area (Å²) in [6.45, 7) is 1.20. The van der Waals surface area contributed by atoms with Crippen molar-refractivity contribution in [2.24, 2.45) is 0 Å². The van der Waals surface area contributed by atoms with Crippen LogP contribution in [-0.2, 0) is 9.84 Å². The molecular formula is C12H18N2O2S. The Bertz CT molecular complexity index is 466. The molecule has 0 aliphatic carbocycles. The smallest absolute Gasteiger partial charge is 0.153 e. The fourth-order valence-corrected chi connectivity index (χ4v) is 3.13. The highest BCUT2D eigenvalue weighted by molar-refractivity contribution is 7.91. The van der Waals surface area contributed by atoms with Gasteiger partial charge in [0, 0.05) is 38.6 Å². The van der Waals surface area contributed by atoms with E-state index in [0.717, 1.165) is 11.4 Å². The third-order valence-electron chi connectivity index (χ3n) is 3.08. The Kier molecular flexibility index (Phi) is 3.28. The maximum Gasteiger partial charge on any atom is 0.153 e. The van der Waals surface area contributed by atoms with E-state index in [9.17, 15) is 8.42 Å². The van der Waals surface area contributed by atoms with Crippen LogP contribution in [-0.4, -0.2) is 47.1 Å². The van der Waals surface area contributed by atoms with Crippen molar-refractivity contribution in [3.63, 3.8) is 0 Å². The second-order valence-electron chi connectivity index (χ2n) is 4.55. The van der Waals surface area contributed by atoms with Crippen molar-refractivity contribution in [2.45, 2.75) is 0 Å². The van der Waals surface area contributed by atoms with Gasteiger partial charge in [-0.05, 0) is 24.3 Å². The van der Waals surface area contributed by atoms with Gasteiger partial charge in [0.05, 0.1) is 11.5 Å². The zero-order valence-electron chi connectivity index (χ0n) is 10.3. The van der Waals surface area contributed by atoms with Gasteiger partial charge in [-0.3, -0.25) is 0 Å². The first-order valence-electron chi connectivity index (χ1n) is 5.71. The number of benzene rings is 1. The fourth-order valence-electron chi connectivity index (χ4n) is 1.93. The normalized spacial score (nSPS) is 19.1. The Balaban J connectivity index is 2.09. The number of sulfone groups is 1. The summed E-state index contributed by atoms with van der Waals surface area (Å²) in [6, 6.07) is 8.21. The largest absolute Gasteiger partial charge is 0.378 e. The zero-order valence-corrected chi connectivity index (χ0v) is 11.1. The van der Waals surface area contributed by atoms with Crippen LogP contribution in [0.1, 0.15) is 0 Å². The van der Waals surface area contributed by atoms with Crippen molar-refractivity contribution >= 4 is 21.2 Å². The van der Waals surface area contributed by atoms with Crippen molar-refractivity contribution in [3.8, 4) is 0 Å². The molecule has 0 bridgehead atoms. The summed E-state index contributed by atoms with van der Waals surface area (Å²) in [5.41, 5.74) is 2.25. The maximum absolute atomic E-state index is 11.3. The lowest BCUT2D eigenvalue weighted by atomic mass is 10.2. The molecule has 0 atom stereocenters. The Morgan fingerprint density at radius 1 is 1.06 bits per heavy atom. The first kappa shape index (κ1) is 12.2. The van der Waals surface area contributed by atoms with Gasteiger partial charge in [0.15, 0.2) is 9.84 Å². The van der Waals surface area contributed by atoms with E-state index in [1.165, 1.54) is 0 Å². The quantitative estimate of drug-likeness (QED) is 0.789. The van der Waals surface area contributed by atoms with Gasteiger partial charge in [-0.25, -0.2) is 8.42 Å². The molecule has 0 saturated carbocycles. The molecule has 0 aromatic heterocycles. The van der Waals surface area contributed by atoms with E-state index in [2.05, 4.69) is 17.0 Å². The Labute approximate surface area is 103 Å². The van der Waals surface area contributed by atoms with Crippen molar-refractivity contribution in [2.75, 3.05) is 48.5 Å². The molecule has 1 aliphatic rings. The molecule has 1 saturated heterocycles. The number of hydrogen-bond donors (Lipinski definition) is 0. The van der Waals surface area contributed by atoms with E-state index in [-0.39, 0.29) is 11.5 Å². The van der Waals surface area contributed by atoms with Gasteiger partial charge in [-0.1, -0.05) is 0 Å². The van der Waals surface area contributed by atoms with Crippen LogP contribution in [0.25, 0.3) is 0 Å². The molecule has 94 valence electrons. The molecule has 0 radical (unpaired) electrons. The molecule has 1 aliphatic heterocycles. The molecule has 17 heavy (non-hydrogen) atoms. The van der Waals surface area contributed by atoms with Gasteiger partial charge in [0.25, 0.3) is 0 Å². The molecule has 1 aromatic rings. The third kappa shape index (κ3) is 2.91. The average Bonchev–Trinajstić information content (AvgIpc) is 2.29. The molecule has 1 aromatic carbocycles. The predicted octanol–water partition coefficient (Wildman–Crippen LogP) is 0.987. The highest BCUT2D eigenvalue weighted by Crippen LogP contribution is 2.21. The van der Waals surface area contributed by atoms with Gasteiger partial charge < -0.3 is 9.80 Å². The minimum Gasteiger partial charge on any atom is -0.378 e. The molecular weight excluding hydrogens is 236 g/mol. The first-order valence-corrected chi connectivity index (χ1v) is 7.53. The van der Waals surface area contributed by atoms with Gasteiger partial charge >= 0.3 is 0 Å². The van der Waals surface area contributed by atoms with Crippen molar-refractivity contribution < 1.29 is 8.42 Å². The van der Waals surface area contributed by atoms with Crippen molar-refractivity contribution in [1.82, 2.24) is 0 Å². The van der Waals surface area contributed by atoms with Crippen LogP contribution >= 0.6 is 0 Å². The van der Waals surface area contributed by atoms with Crippen LogP contribution < -0.4 is 9.80 Å². The summed E-state index contributed by atoms with van der Waals surface area (Å²) in [4.78, 5) is 4.17. The standard InChI is InChI=1S/C12H18N2O2S/c1-13(2)11-3-5-12(6-4-11)14-7-9-17(15,16)10-8-14/h3-6H,7-10H2,1-2H3. The number of nitrogens with zero attached hydrogens (tertiary/aromatic N) is 2. The summed E-state index contributed by atoms with van der Waals surface area (Å²) in [5, 5.41) is 0. The van der Waals surface area contributed by atoms with Crippen molar-refractivity contribution in [3.05, 3.63) is 24.3 Å². The monoisotopic (exact) mass is 254 g/mol. The van der Waals surface area contributed by atoms with Gasteiger partial charge in [0.1, 0.15) is 0 Å². The van der Waals surface area contributed by atoms with Gasteiger partial charge in [-0.2, -0.15) is 0 Å². The van der Waals surface area contributed by atoms with Crippen LogP contribution in [0.15, 0.2) is 24.3 Å². The van der Waals surface area contributed by atoms with Crippen molar-refractivity contribution in [1.29, 1.82) is 0 Å². The maximum atomic E-state index is 11.3. The van der Waals surface area contributed by atoms with E-state index < -0.39 is 9.84 Å². The van der Waals surface area contributed by atoms with Crippen LogP contribution in [0.4, 0.5) is 11.4 Å². The number of anilines is 2. The van der Waals surface area contributed by atoms with E-state index in [1.807, 2.05) is 31.1 Å². The third-order valence-corrected chi connectivity index (χ3v) is 4.68. The summed E-state index contributed by atoms with van der Waals surface area (Å²) in [5.74, 6) is 0.533. The summed E-state index contributed by atoms with van der Waals surface area (Å²) in [6.07, 6.45) is 0. The molecule has 0 unspecified atom stereocenters. The SMILES string of the molecule is CN(C)c1ccc(N2CCS(=O)(=O)CC2)cc1. The van der Waals surface area contributed by atoms with E-state index >= 15 is 0 Å². The van der Waals surface area contributed by atoms with E-state index in [0.29, 0.717) is 13.1 Å². The summed E-state index contributed by atoms with van der Waals surface area (Å²) >= 11 is 0. The second kappa shape index (κ2) is 4.56. The molecule has 1 heterocycles. The molecule has 5 heteroatoms. The van der Waals surface area contributed by atoms with Crippen LogP contribution in [0.3, 0.4) is 0 Å².